The van der Waals surface area contributed by atoms with Crippen molar-refractivity contribution in [1.82, 2.24) is 14.9 Å². The fourth-order valence-corrected chi connectivity index (χ4v) is 4.68. The summed E-state index contributed by atoms with van der Waals surface area (Å²) in [6.07, 6.45) is 6.10. The fourth-order valence-electron chi connectivity index (χ4n) is 3.93. The van der Waals surface area contributed by atoms with Crippen molar-refractivity contribution >= 4 is 17.3 Å². The number of anilines is 1. The van der Waals surface area contributed by atoms with Gasteiger partial charge >= 0.3 is 0 Å². The zero-order chi connectivity index (χ0) is 16.2. The second-order valence-electron chi connectivity index (χ2n) is 6.92. The summed E-state index contributed by atoms with van der Waals surface area (Å²) in [5.74, 6) is 0.831. The van der Waals surface area contributed by atoms with Crippen molar-refractivity contribution in [2.45, 2.75) is 19.4 Å². The Morgan fingerprint density at radius 2 is 2.08 bits per heavy atom. The first-order valence-corrected chi connectivity index (χ1v) is 9.55. The highest BCUT2D eigenvalue weighted by molar-refractivity contribution is 7.09. The van der Waals surface area contributed by atoms with E-state index < -0.39 is 0 Å². The predicted octanol–water partition coefficient (Wildman–Crippen LogP) is 2.66. The lowest BCUT2D eigenvalue weighted by molar-refractivity contribution is 0.0109. The molecular weight excluding hydrogens is 320 g/mol. The van der Waals surface area contributed by atoms with Gasteiger partial charge in [0.05, 0.1) is 13.2 Å². The molecule has 5 nitrogen and oxygen atoms in total. The average molecular weight is 344 g/mol. The molecule has 0 radical (unpaired) electrons. The van der Waals surface area contributed by atoms with E-state index in [4.69, 9.17) is 4.74 Å². The van der Waals surface area contributed by atoms with Crippen LogP contribution < -0.4 is 4.90 Å². The molecule has 0 saturated carbocycles. The molecule has 6 heteroatoms. The molecule has 4 rings (SSSR count). The molecule has 128 valence electrons. The highest BCUT2D eigenvalue weighted by Gasteiger charge is 2.39. The van der Waals surface area contributed by atoms with Gasteiger partial charge in [0.2, 0.25) is 5.95 Å². The normalized spacial score (nSPS) is 25.8. The number of piperidine rings is 1. The van der Waals surface area contributed by atoms with Crippen LogP contribution in [0.15, 0.2) is 36.0 Å². The molecule has 1 atom stereocenters. The lowest BCUT2D eigenvalue weighted by atomic mass is 9.80. The molecule has 0 bridgehead atoms. The maximum Gasteiger partial charge on any atom is 0.225 e. The number of nitrogens with zero attached hydrogens (tertiary/aromatic N) is 4. The average Bonchev–Trinajstić information content (AvgIpc) is 3.03. The van der Waals surface area contributed by atoms with Crippen LogP contribution in [0.5, 0.6) is 0 Å². The molecule has 2 aliphatic heterocycles. The van der Waals surface area contributed by atoms with Gasteiger partial charge < -0.3 is 9.64 Å². The van der Waals surface area contributed by atoms with Crippen LogP contribution in [0.2, 0.25) is 0 Å². The van der Waals surface area contributed by atoms with Gasteiger partial charge in [-0.1, -0.05) is 6.07 Å². The molecule has 0 unspecified atom stereocenters. The zero-order valence-electron chi connectivity index (χ0n) is 13.9. The van der Waals surface area contributed by atoms with E-state index in [0.717, 1.165) is 45.3 Å². The number of thiophene rings is 1. The van der Waals surface area contributed by atoms with Gasteiger partial charge in [-0.25, -0.2) is 9.97 Å². The third kappa shape index (κ3) is 3.61. The first kappa shape index (κ1) is 16.0. The van der Waals surface area contributed by atoms with Gasteiger partial charge in [-0.2, -0.15) is 0 Å². The molecule has 2 aromatic heterocycles. The minimum absolute atomic E-state index is 0.186. The molecule has 0 aliphatic carbocycles. The van der Waals surface area contributed by atoms with E-state index in [1.807, 2.05) is 29.8 Å². The Morgan fingerprint density at radius 1 is 1.17 bits per heavy atom. The first-order valence-electron chi connectivity index (χ1n) is 8.68. The molecule has 0 amide bonds. The minimum atomic E-state index is 0.186. The molecule has 0 N–H and O–H groups in total. The van der Waals surface area contributed by atoms with E-state index in [9.17, 15) is 0 Å². The third-order valence-corrected chi connectivity index (χ3v) is 5.84. The smallest absolute Gasteiger partial charge is 0.225 e. The highest BCUT2D eigenvalue weighted by atomic mass is 32.1. The summed E-state index contributed by atoms with van der Waals surface area (Å²) in [5.41, 5.74) is 0.186. The van der Waals surface area contributed by atoms with E-state index in [2.05, 4.69) is 37.3 Å². The summed E-state index contributed by atoms with van der Waals surface area (Å²) in [5, 5.41) is 2.16. The lowest BCUT2D eigenvalue weighted by Crippen LogP contribution is -2.50. The van der Waals surface area contributed by atoms with Gasteiger partial charge in [-0.05, 0) is 36.9 Å². The van der Waals surface area contributed by atoms with Crippen LogP contribution in [0.4, 0.5) is 5.95 Å². The van der Waals surface area contributed by atoms with Crippen LogP contribution in [0, 0.1) is 5.41 Å². The molecule has 2 aromatic rings. The summed E-state index contributed by atoms with van der Waals surface area (Å²) in [6.45, 7) is 6.79. The summed E-state index contributed by atoms with van der Waals surface area (Å²) in [7, 11) is 0. The Bertz CT molecular complexity index is 636. The van der Waals surface area contributed by atoms with Crippen LogP contribution in [-0.2, 0) is 11.3 Å². The number of hydrogen-bond donors (Lipinski definition) is 0. The number of likely N-dealkylation sites (tertiary alicyclic amines) is 1. The predicted molar refractivity (Wildman–Crippen MR) is 96.3 cm³/mol. The molecule has 2 saturated heterocycles. The zero-order valence-corrected chi connectivity index (χ0v) is 14.7. The standard InChI is InChI=1S/C18H24N4OS/c1-4-16(24-11-1)12-21-8-2-5-18(13-21)14-22(9-10-23-15-18)17-19-6-3-7-20-17/h1,3-4,6-7,11H,2,5,8-10,12-15H2/t18-/m0/s1. The van der Waals surface area contributed by atoms with Crippen molar-refractivity contribution < 1.29 is 4.74 Å². The fraction of sp³-hybridized carbons (Fsp3) is 0.556. The maximum atomic E-state index is 6.00. The lowest BCUT2D eigenvalue weighted by Gasteiger charge is -2.43. The Kier molecular flexibility index (Phi) is 4.78. The number of ether oxygens (including phenoxy) is 1. The van der Waals surface area contributed by atoms with Crippen LogP contribution in [0.1, 0.15) is 17.7 Å². The second-order valence-corrected chi connectivity index (χ2v) is 7.95. The van der Waals surface area contributed by atoms with E-state index in [-0.39, 0.29) is 5.41 Å². The van der Waals surface area contributed by atoms with Crippen molar-refractivity contribution in [3.63, 3.8) is 0 Å². The number of hydrogen-bond acceptors (Lipinski definition) is 6. The summed E-state index contributed by atoms with van der Waals surface area (Å²) in [4.78, 5) is 15.2. The SMILES string of the molecule is c1cnc(N2CCOC[C@]3(CCCN(Cc4cccs4)C3)C2)nc1. The van der Waals surface area contributed by atoms with E-state index in [1.165, 1.54) is 24.3 Å². The number of rotatable bonds is 3. The van der Waals surface area contributed by atoms with Gasteiger partial charge in [0.25, 0.3) is 0 Å². The molecule has 24 heavy (non-hydrogen) atoms. The van der Waals surface area contributed by atoms with Crippen LogP contribution >= 0.6 is 11.3 Å². The van der Waals surface area contributed by atoms with Crippen LogP contribution in [0.25, 0.3) is 0 Å². The van der Waals surface area contributed by atoms with Crippen LogP contribution in [0.3, 0.4) is 0 Å². The largest absolute Gasteiger partial charge is 0.379 e. The maximum absolute atomic E-state index is 6.00. The highest BCUT2D eigenvalue weighted by Crippen LogP contribution is 2.34. The molecule has 2 aliphatic rings. The molecule has 0 aromatic carbocycles. The molecule has 4 heterocycles. The van der Waals surface area contributed by atoms with Gasteiger partial charge in [-0.15, -0.1) is 11.3 Å². The Hall–Kier alpha value is -1.50. The topological polar surface area (TPSA) is 41.5 Å². The van der Waals surface area contributed by atoms with Gasteiger partial charge in [0.15, 0.2) is 0 Å². The Morgan fingerprint density at radius 3 is 2.92 bits per heavy atom. The minimum Gasteiger partial charge on any atom is -0.379 e. The summed E-state index contributed by atoms with van der Waals surface area (Å²) < 4.78 is 6.00. The van der Waals surface area contributed by atoms with Crippen molar-refractivity contribution in [1.29, 1.82) is 0 Å². The van der Waals surface area contributed by atoms with Crippen LogP contribution in [-0.4, -0.2) is 54.3 Å². The van der Waals surface area contributed by atoms with E-state index in [0.29, 0.717) is 0 Å². The Balaban J connectivity index is 1.49. The quantitative estimate of drug-likeness (QED) is 0.856. The van der Waals surface area contributed by atoms with Crippen molar-refractivity contribution in [2.75, 3.05) is 44.3 Å². The third-order valence-electron chi connectivity index (χ3n) is 4.98. The molecule has 1 spiro atoms. The van der Waals surface area contributed by atoms with Gasteiger partial charge in [-0.3, -0.25) is 4.90 Å². The first-order chi connectivity index (χ1) is 11.8. The second kappa shape index (κ2) is 7.17. The molecule has 2 fully saturated rings. The van der Waals surface area contributed by atoms with E-state index in [1.54, 1.807) is 0 Å². The van der Waals surface area contributed by atoms with Crippen molar-refractivity contribution in [3.05, 3.63) is 40.8 Å². The van der Waals surface area contributed by atoms with Crippen molar-refractivity contribution in [3.8, 4) is 0 Å². The summed E-state index contributed by atoms with van der Waals surface area (Å²) >= 11 is 1.85. The van der Waals surface area contributed by atoms with Crippen molar-refractivity contribution in [2.24, 2.45) is 5.41 Å². The summed E-state index contributed by atoms with van der Waals surface area (Å²) in [6, 6.07) is 6.25. The van der Waals surface area contributed by atoms with Gasteiger partial charge in [0, 0.05) is 48.9 Å². The Labute approximate surface area is 147 Å². The number of aromatic nitrogens is 2. The molecular formula is C18H24N4OS. The van der Waals surface area contributed by atoms with Gasteiger partial charge in [0.1, 0.15) is 0 Å². The monoisotopic (exact) mass is 344 g/mol. The van der Waals surface area contributed by atoms with E-state index >= 15 is 0 Å².